The monoisotopic (exact) mass is 244 g/mol. The summed E-state index contributed by atoms with van der Waals surface area (Å²) in [6, 6.07) is 10.0. The zero-order valence-electron chi connectivity index (χ0n) is 9.27. The summed E-state index contributed by atoms with van der Waals surface area (Å²) in [5.74, 6) is 0.844. The van der Waals surface area contributed by atoms with Gasteiger partial charge in [0.25, 0.3) is 0 Å². The molecule has 1 aromatic carbocycles. The van der Waals surface area contributed by atoms with Crippen LogP contribution < -0.4 is 0 Å². The van der Waals surface area contributed by atoms with Gasteiger partial charge in [0.2, 0.25) is 0 Å². The second-order valence-corrected chi connectivity index (χ2v) is 4.40. The Bertz CT molecular complexity index is 592. The Morgan fingerprint density at radius 2 is 2.06 bits per heavy atom. The number of benzene rings is 1. The summed E-state index contributed by atoms with van der Waals surface area (Å²) < 4.78 is 6.05. The van der Waals surface area contributed by atoms with Gasteiger partial charge >= 0.3 is 0 Å². The van der Waals surface area contributed by atoms with Crippen molar-refractivity contribution >= 4 is 12.2 Å². The van der Waals surface area contributed by atoms with Crippen LogP contribution in [-0.4, -0.2) is 16.6 Å². The molecular formula is C13H12N2OS. The highest BCUT2D eigenvalue weighted by Crippen LogP contribution is 2.20. The van der Waals surface area contributed by atoms with E-state index in [0.29, 0.717) is 11.2 Å². The maximum absolute atomic E-state index is 5.40. The van der Waals surface area contributed by atoms with Crippen molar-refractivity contribution in [2.24, 2.45) is 0 Å². The van der Waals surface area contributed by atoms with Gasteiger partial charge in [0.1, 0.15) is 10.5 Å². The van der Waals surface area contributed by atoms with Crippen LogP contribution in [0.5, 0.6) is 0 Å². The van der Waals surface area contributed by atoms with Crippen LogP contribution in [0.2, 0.25) is 0 Å². The molecule has 3 rings (SSSR count). The van der Waals surface area contributed by atoms with Crippen LogP contribution in [0.1, 0.15) is 11.3 Å². The Hall–Kier alpha value is -1.52. The largest absolute Gasteiger partial charge is 0.376 e. The van der Waals surface area contributed by atoms with E-state index in [4.69, 9.17) is 17.0 Å². The van der Waals surface area contributed by atoms with Crippen molar-refractivity contribution in [3.8, 4) is 11.4 Å². The van der Waals surface area contributed by atoms with Crippen molar-refractivity contribution in [3.63, 3.8) is 0 Å². The van der Waals surface area contributed by atoms with Crippen LogP contribution in [0.4, 0.5) is 0 Å². The van der Waals surface area contributed by atoms with Crippen molar-refractivity contribution in [2.75, 3.05) is 6.61 Å². The fourth-order valence-corrected chi connectivity index (χ4v) is 2.26. The van der Waals surface area contributed by atoms with E-state index in [1.54, 1.807) is 0 Å². The predicted octanol–water partition coefficient (Wildman–Crippen LogP) is 2.88. The minimum Gasteiger partial charge on any atom is -0.376 e. The van der Waals surface area contributed by atoms with Crippen molar-refractivity contribution in [2.45, 2.75) is 13.0 Å². The van der Waals surface area contributed by atoms with E-state index in [9.17, 15) is 0 Å². The number of hydrogen-bond donors (Lipinski definition) is 1. The first-order valence-electron chi connectivity index (χ1n) is 5.60. The van der Waals surface area contributed by atoms with Gasteiger partial charge in [-0.15, -0.1) is 0 Å². The molecular weight excluding hydrogens is 232 g/mol. The number of nitrogens with one attached hydrogen (secondary N) is 1. The highest BCUT2D eigenvalue weighted by Gasteiger charge is 2.13. The maximum atomic E-state index is 5.40. The Kier molecular flexibility index (Phi) is 2.74. The van der Waals surface area contributed by atoms with E-state index >= 15 is 0 Å². The third kappa shape index (κ3) is 2.01. The Balaban J connectivity index is 2.14. The Labute approximate surface area is 104 Å². The molecule has 0 atom stereocenters. The fraction of sp³-hybridized carbons (Fsp3) is 0.231. The number of nitrogens with zero attached hydrogens (tertiary/aromatic N) is 1. The maximum Gasteiger partial charge on any atom is 0.139 e. The summed E-state index contributed by atoms with van der Waals surface area (Å²) in [6.07, 6.45) is 0.876. The third-order valence-corrected chi connectivity index (χ3v) is 3.23. The summed E-state index contributed by atoms with van der Waals surface area (Å²) in [6.45, 7) is 1.32. The molecule has 0 unspecified atom stereocenters. The minimum absolute atomic E-state index is 0.576. The van der Waals surface area contributed by atoms with Gasteiger partial charge in [0, 0.05) is 23.2 Å². The number of aromatic amines is 1. The molecule has 0 bridgehead atoms. The number of ether oxygens (including phenoxy) is 1. The molecule has 1 aromatic heterocycles. The van der Waals surface area contributed by atoms with Gasteiger partial charge in [0.05, 0.1) is 13.2 Å². The molecule has 4 heteroatoms. The van der Waals surface area contributed by atoms with Crippen molar-refractivity contribution in [3.05, 3.63) is 46.2 Å². The molecule has 86 valence electrons. The van der Waals surface area contributed by atoms with Gasteiger partial charge in [-0.1, -0.05) is 42.5 Å². The number of H-pyrrole nitrogens is 1. The molecule has 17 heavy (non-hydrogen) atoms. The van der Waals surface area contributed by atoms with Crippen molar-refractivity contribution < 1.29 is 4.74 Å². The molecule has 0 saturated heterocycles. The normalized spacial score (nSPS) is 14.4. The predicted molar refractivity (Wildman–Crippen MR) is 68.2 cm³/mol. The molecule has 1 aliphatic rings. The van der Waals surface area contributed by atoms with Crippen molar-refractivity contribution in [1.82, 2.24) is 9.97 Å². The quantitative estimate of drug-likeness (QED) is 0.784. The van der Waals surface area contributed by atoms with Crippen molar-refractivity contribution in [1.29, 1.82) is 0 Å². The van der Waals surface area contributed by atoms with Gasteiger partial charge < -0.3 is 9.72 Å². The second-order valence-electron chi connectivity index (χ2n) is 4.02. The number of hydrogen-bond acceptors (Lipinski definition) is 3. The summed E-state index contributed by atoms with van der Waals surface area (Å²) in [5, 5.41) is 0. The lowest BCUT2D eigenvalue weighted by atomic mass is 10.1. The van der Waals surface area contributed by atoms with Crippen LogP contribution in [0.15, 0.2) is 30.3 Å². The molecule has 0 saturated carbocycles. The second kappa shape index (κ2) is 4.39. The van der Waals surface area contributed by atoms with Crippen LogP contribution >= 0.6 is 12.2 Å². The molecule has 0 spiro atoms. The lowest BCUT2D eigenvalue weighted by molar-refractivity contribution is 0.108. The molecule has 3 nitrogen and oxygen atoms in total. The fourth-order valence-electron chi connectivity index (χ4n) is 1.99. The van der Waals surface area contributed by atoms with Crippen LogP contribution in [-0.2, 0) is 17.8 Å². The van der Waals surface area contributed by atoms with E-state index in [1.165, 1.54) is 0 Å². The van der Waals surface area contributed by atoms with Crippen LogP contribution in [0.25, 0.3) is 11.4 Å². The van der Waals surface area contributed by atoms with Gasteiger partial charge in [-0.25, -0.2) is 4.98 Å². The summed E-state index contributed by atoms with van der Waals surface area (Å²) in [7, 11) is 0. The molecule has 0 amide bonds. The summed E-state index contributed by atoms with van der Waals surface area (Å²) >= 11 is 5.32. The smallest absolute Gasteiger partial charge is 0.139 e. The van der Waals surface area contributed by atoms with E-state index < -0.39 is 0 Å². The molecule has 1 aliphatic heterocycles. The zero-order valence-corrected chi connectivity index (χ0v) is 10.1. The highest BCUT2D eigenvalue weighted by molar-refractivity contribution is 7.71. The number of rotatable bonds is 1. The third-order valence-electron chi connectivity index (χ3n) is 2.90. The summed E-state index contributed by atoms with van der Waals surface area (Å²) in [5.41, 5.74) is 3.26. The first kappa shape index (κ1) is 10.6. The lowest BCUT2D eigenvalue weighted by Gasteiger charge is -2.17. The Morgan fingerprint density at radius 3 is 2.88 bits per heavy atom. The average Bonchev–Trinajstić information content (AvgIpc) is 2.40. The standard InChI is InChI=1S/C13H12N2OS/c17-13-10-8-16-7-6-11(10)14-12(15-13)9-4-2-1-3-5-9/h1-5H,6-8H2,(H,14,15,17). The summed E-state index contributed by atoms with van der Waals surface area (Å²) in [4.78, 5) is 7.80. The van der Waals surface area contributed by atoms with Gasteiger partial charge in [-0.2, -0.15) is 0 Å². The van der Waals surface area contributed by atoms with Gasteiger partial charge in [-0.3, -0.25) is 0 Å². The minimum atomic E-state index is 0.576. The van der Waals surface area contributed by atoms with E-state index in [-0.39, 0.29) is 0 Å². The molecule has 1 N–H and O–H groups in total. The van der Waals surface area contributed by atoms with Gasteiger partial charge in [-0.05, 0) is 0 Å². The Morgan fingerprint density at radius 1 is 1.24 bits per heavy atom. The molecule has 0 fully saturated rings. The molecule has 0 aliphatic carbocycles. The van der Waals surface area contributed by atoms with Gasteiger partial charge in [0.15, 0.2) is 0 Å². The topological polar surface area (TPSA) is 37.9 Å². The molecule has 2 aromatic rings. The molecule has 0 radical (unpaired) electrons. The van der Waals surface area contributed by atoms with E-state index in [2.05, 4.69) is 9.97 Å². The number of aromatic nitrogens is 2. The lowest BCUT2D eigenvalue weighted by Crippen LogP contribution is -2.14. The SMILES string of the molecule is S=c1nc(-c2ccccc2)[nH]c2c1COCC2. The van der Waals surface area contributed by atoms with Crippen LogP contribution in [0.3, 0.4) is 0 Å². The van der Waals surface area contributed by atoms with E-state index in [0.717, 1.165) is 35.7 Å². The molecule has 2 heterocycles. The highest BCUT2D eigenvalue weighted by atomic mass is 32.1. The van der Waals surface area contributed by atoms with Crippen LogP contribution in [0, 0.1) is 4.64 Å². The average molecular weight is 244 g/mol. The number of fused-ring (bicyclic) bond motifs is 1. The zero-order chi connectivity index (χ0) is 11.7. The first-order chi connectivity index (χ1) is 8.34. The van der Waals surface area contributed by atoms with E-state index in [1.807, 2.05) is 30.3 Å². The first-order valence-corrected chi connectivity index (χ1v) is 6.00.